The van der Waals surface area contributed by atoms with Gasteiger partial charge in [0.1, 0.15) is 11.5 Å². The van der Waals surface area contributed by atoms with Gasteiger partial charge < -0.3 is 18.9 Å². The molecule has 246 valence electrons. The molecule has 0 saturated heterocycles. The summed E-state index contributed by atoms with van der Waals surface area (Å²) in [6.45, 7) is 11.8. The van der Waals surface area contributed by atoms with Crippen molar-refractivity contribution in [1.82, 2.24) is 14.5 Å². The van der Waals surface area contributed by atoms with Gasteiger partial charge in [0, 0.05) is 47.4 Å². The minimum absolute atomic E-state index is 0.601. The van der Waals surface area contributed by atoms with E-state index in [4.69, 9.17) is 14.5 Å². The molecule has 3 aromatic heterocycles. The Morgan fingerprint density at radius 1 is 0.667 bits per heavy atom. The highest BCUT2D eigenvalue weighted by Gasteiger charge is 2.17. The number of para-hydroxylation sites is 1. The Balaban J connectivity index is 1.33. The van der Waals surface area contributed by atoms with Crippen molar-refractivity contribution < 1.29 is 9.47 Å². The fourth-order valence-electron chi connectivity index (χ4n) is 6.27. The molecule has 0 saturated carbocycles. The van der Waals surface area contributed by atoms with E-state index in [0.717, 1.165) is 101 Å². The predicted octanol–water partition coefficient (Wildman–Crippen LogP) is 10.6. The first-order valence-electron chi connectivity index (χ1n) is 17.4. The van der Waals surface area contributed by atoms with Gasteiger partial charge in [0.15, 0.2) is 0 Å². The van der Waals surface area contributed by atoms with Crippen LogP contribution in [0.3, 0.4) is 0 Å². The topological polar surface area (TPSA) is 52.4 Å². The zero-order chi connectivity index (χ0) is 33.3. The number of aromatic nitrogens is 3. The molecule has 0 fully saturated rings. The summed E-state index contributed by atoms with van der Waals surface area (Å²) < 4.78 is 14.7. The molecule has 0 aliphatic rings. The van der Waals surface area contributed by atoms with Crippen LogP contribution >= 0.6 is 0 Å². The summed E-state index contributed by atoms with van der Waals surface area (Å²) in [5.41, 5.74) is 8.27. The molecule has 0 bridgehead atoms. The van der Waals surface area contributed by atoms with Crippen LogP contribution in [0.5, 0.6) is 11.5 Å². The van der Waals surface area contributed by atoms with Gasteiger partial charge >= 0.3 is 0 Å². The first-order chi connectivity index (χ1) is 23.6. The first kappa shape index (κ1) is 32.8. The lowest BCUT2D eigenvalue weighted by Crippen LogP contribution is -2.26. The van der Waals surface area contributed by atoms with Crippen LogP contribution in [0.4, 0.5) is 5.69 Å². The standard InChI is InChI=1S/C42H46N4O2/c1-5-9-25-45(26-10-6-2)39-29-41(47-7-3)32(27-42(39)48-8-4)21-18-31-19-22-33(23-20-31)46-38-17-12-11-15-34(38)35-28-37(44-30-40(35)46)36-16-13-14-24-43-36/h11-24,27-30H,5-10,25-26H2,1-4H3/b21-18+. The molecule has 6 rings (SSSR count). The van der Waals surface area contributed by atoms with E-state index in [-0.39, 0.29) is 0 Å². The quantitative estimate of drug-likeness (QED) is 0.105. The van der Waals surface area contributed by atoms with Crippen LogP contribution in [0.25, 0.3) is 51.0 Å². The second-order valence-corrected chi connectivity index (χ2v) is 12.0. The van der Waals surface area contributed by atoms with Gasteiger partial charge in [-0.3, -0.25) is 9.97 Å². The van der Waals surface area contributed by atoms with Crippen molar-refractivity contribution >= 4 is 39.6 Å². The molecule has 0 atom stereocenters. The molecular formula is C42H46N4O2. The largest absolute Gasteiger partial charge is 0.493 e. The lowest BCUT2D eigenvalue weighted by molar-refractivity contribution is 0.330. The third-order valence-corrected chi connectivity index (χ3v) is 8.69. The number of rotatable bonds is 15. The summed E-state index contributed by atoms with van der Waals surface area (Å²) in [4.78, 5) is 11.8. The van der Waals surface area contributed by atoms with Crippen molar-refractivity contribution in [2.45, 2.75) is 53.4 Å². The summed E-state index contributed by atoms with van der Waals surface area (Å²) in [5.74, 6) is 1.79. The summed E-state index contributed by atoms with van der Waals surface area (Å²) in [6, 6.07) is 29.6. The lowest BCUT2D eigenvalue weighted by Gasteiger charge is -2.28. The van der Waals surface area contributed by atoms with Crippen molar-refractivity contribution in [3.63, 3.8) is 0 Å². The van der Waals surface area contributed by atoms with Crippen LogP contribution in [0, 0.1) is 0 Å². The van der Waals surface area contributed by atoms with Crippen LogP contribution in [0.2, 0.25) is 0 Å². The zero-order valence-electron chi connectivity index (χ0n) is 28.7. The van der Waals surface area contributed by atoms with Crippen molar-refractivity contribution in [3.8, 4) is 28.6 Å². The van der Waals surface area contributed by atoms with Crippen molar-refractivity contribution in [2.75, 3.05) is 31.2 Å². The van der Waals surface area contributed by atoms with Crippen molar-refractivity contribution in [1.29, 1.82) is 0 Å². The Labute approximate surface area is 284 Å². The van der Waals surface area contributed by atoms with E-state index in [1.165, 1.54) is 5.39 Å². The van der Waals surface area contributed by atoms with Gasteiger partial charge in [0.25, 0.3) is 0 Å². The Hall–Kier alpha value is -5.10. The molecule has 6 heteroatoms. The number of ether oxygens (including phenoxy) is 2. The molecule has 3 aromatic carbocycles. The van der Waals surface area contributed by atoms with Gasteiger partial charge in [-0.25, -0.2) is 0 Å². The Bertz CT molecular complexity index is 1970. The van der Waals surface area contributed by atoms with E-state index >= 15 is 0 Å². The number of hydrogen-bond acceptors (Lipinski definition) is 5. The normalized spacial score (nSPS) is 11.5. The van der Waals surface area contributed by atoms with Crippen LogP contribution in [-0.4, -0.2) is 40.8 Å². The summed E-state index contributed by atoms with van der Waals surface area (Å²) in [5, 5.41) is 2.35. The molecular weight excluding hydrogens is 592 g/mol. The van der Waals surface area contributed by atoms with E-state index in [0.29, 0.717) is 13.2 Å². The van der Waals surface area contributed by atoms with Gasteiger partial charge in [-0.05, 0) is 74.7 Å². The second kappa shape index (κ2) is 15.7. The highest BCUT2D eigenvalue weighted by molar-refractivity contribution is 6.09. The molecule has 48 heavy (non-hydrogen) atoms. The molecule has 0 aliphatic heterocycles. The molecule has 6 aromatic rings. The van der Waals surface area contributed by atoms with Gasteiger partial charge in [-0.15, -0.1) is 0 Å². The summed E-state index contributed by atoms with van der Waals surface area (Å²) in [6.07, 6.45) is 12.7. The maximum absolute atomic E-state index is 6.22. The number of fused-ring (bicyclic) bond motifs is 3. The molecule has 6 nitrogen and oxygen atoms in total. The van der Waals surface area contributed by atoms with E-state index in [1.807, 2.05) is 44.4 Å². The maximum atomic E-state index is 6.22. The zero-order valence-corrected chi connectivity index (χ0v) is 28.7. The van der Waals surface area contributed by atoms with Gasteiger partial charge in [-0.2, -0.15) is 0 Å². The monoisotopic (exact) mass is 638 g/mol. The molecule has 0 N–H and O–H groups in total. The van der Waals surface area contributed by atoms with Crippen LogP contribution in [-0.2, 0) is 0 Å². The Morgan fingerprint density at radius 3 is 2.10 bits per heavy atom. The Morgan fingerprint density at radius 2 is 1.40 bits per heavy atom. The predicted molar refractivity (Wildman–Crippen MR) is 202 cm³/mol. The highest BCUT2D eigenvalue weighted by Crippen LogP contribution is 2.38. The summed E-state index contributed by atoms with van der Waals surface area (Å²) in [7, 11) is 0. The molecule has 0 radical (unpaired) electrons. The van der Waals surface area contributed by atoms with Crippen LogP contribution in [0.15, 0.2) is 97.3 Å². The number of unbranched alkanes of at least 4 members (excludes halogenated alkanes) is 2. The van der Waals surface area contributed by atoms with E-state index in [1.54, 1.807) is 0 Å². The molecule has 0 amide bonds. The van der Waals surface area contributed by atoms with E-state index < -0.39 is 0 Å². The summed E-state index contributed by atoms with van der Waals surface area (Å²) >= 11 is 0. The average molecular weight is 639 g/mol. The number of pyridine rings is 2. The second-order valence-electron chi connectivity index (χ2n) is 12.0. The number of anilines is 1. The fraction of sp³-hybridized carbons (Fsp3) is 0.286. The third kappa shape index (κ3) is 7.08. The number of hydrogen-bond donors (Lipinski definition) is 0. The van der Waals surface area contributed by atoms with Gasteiger partial charge in [-0.1, -0.05) is 75.2 Å². The number of nitrogens with zero attached hydrogens (tertiary/aromatic N) is 4. The van der Waals surface area contributed by atoms with Crippen molar-refractivity contribution in [3.05, 3.63) is 108 Å². The molecule has 0 aliphatic carbocycles. The molecule has 0 unspecified atom stereocenters. The Kier molecular flexibility index (Phi) is 10.7. The first-order valence-corrected chi connectivity index (χ1v) is 17.4. The van der Waals surface area contributed by atoms with Crippen molar-refractivity contribution in [2.24, 2.45) is 0 Å². The molecule has 3 heterocycles. The number of benzene rings is 3. The maximum Gasteiger partial charge on any atom is 0.143 e. The van der Waals surface area contributed by atoms with Crippen LogP contribution < -0.4 is 14.4 Å². The van der Waals surface area contributed by atoms with E-state index in [9.17, 15) is 0 Å². The van der Waals surface area contributed by atoms with Gasteiger partial charge in [0.05, 0.1) is 47.5 Å². The average Bonchev–Trinajstić information content (AvgIpc) is 3.46. The smallest absolute Gasteiger partial charge is 0.143 e. The van der Waals surface area contributed by atoms with Crippen LogP contribution in [0.1, 0.15) is 64.5 Å². The SMILES string of the molecule is CCCCN(CCCC)c1cc(OCC)c(/C=C/c2ccc(-n3c4ccccc4c4cc(-c5ccccn5)ncc43)cc2)cc1OCC. The lowest BCUT2D eigenvalue weighted by atomic mass is 10.1. The minimum Gasteiger partial charge on any atom is -0.493 e. The minimum atomic E-state index is 0.601. The third-order valence-electron chi connectivity index (χ3n) is 8.69. The molecule has 0 spiro atoms. The van der Waals surface area contributed by atoms with E-state index in [2.05, 4.69) is 107 Å². The van der Waals surface area contributed by atoms with Gasteiger partial charge in [0.2, 0.25) is 0 Å². The fourth-order valence-corrected chi connectivity index (χ4v) is 6.27. The highest BCUT2D eigenvalue weighted by atomic mass is 16.5.